The van der Waals surface area contributed by atoms with Crippen LogP contribution in [-0.2, 0) is 13.1 Å². The number of hydrogen-bond donors (Lipinski definition) is 1. The molecule has 0 radical (unpaired) electrons. The van der Waals surface area contributed by atoms with E-state index in [0.29, 0.717) is 18.1 Å². The van der Waals surface area contributed by atoms with Crippen LogP contribution in [-0.4, -0.2) is 6.03 Å². The van der Waals surface area contributed by atoms with Crippen molar-refractivity contribution in [2.45, 2.75) is 13.1 Å². The highest BCUT2D eigenvalue weighted by molar-refractivity contribution is 6.30. The van der Waals surface area contributed by atoms with E-state index in [0.717, 1.165) is 16.8 Å². The standard InChI is InChI=1S/C21H19ClN2O/c22-19-13-11-17(12-14-19)15-23-21(25)24(20-9-5-2-6-10-20)16-18-7-3-1-4-8-18/h1-14H,15-16H2,(H,23,25). The minimum atomic E-state index is -0.134. The first-order chi connectivity index (χ1) is 12.2. The highest BCUT2D eigenvalue weighted by atomic mass is 35.5. The number of carbonyl (C=O) groups excluding carboxylic acids is 1. The second-order valence-electron chi connectivity index (χ2n) is 5.69. The molecule has 0 aromatic heterocycles. The minimum absolute atomic E-state index is 0.134. The molecule has 126 valence electrons. The summed E-state index contributed by atoms with van der Waals surface area (Å²) in [7, 11) is 0. The van der Waals surface area contributed by atoms with Gasteiger partial charge in [-0.15, -0.1) is 0 Å². The number of rotatable bonds is 5. The molecule has 25 heavy (non-hydrogen) atoms. The Morgan fingerprint density at radius 1 is 0.800 bits per heavy atom. The summed E-state index contributed by atoms with van der Waals surface area (Å²) < 4.78 is 0. The van der Waals surface area contributed by atoms with Crippen LogP contribution in [0.3, 0.4) is 0 Å². The van der Waals surface area contributed by atoms with Crippen LogP contribution in [0.15, 0.2) is 84.9 Å². The molecule has 4 heteroatoms. The molecule has 0 aliphatic heterocycles. The fourth-order valence-electron chi connectivity index (χ4n) is 2.53. The Morgan fingerprint density at radius 2 is 1.40 bits per heavy atom. The molecule has 3 aromatic rings. The first kappa shape index (κ1) is 17.1. The minimum Gasteiger partial charge on any atom is -0.334 e. The van der Waals surface area contributed by atoms with E-state index < -0.39 is 0 Å². The van der Waals surface area contributed by atoms with Gasteiger partial charge < -0.3 is 5.32 Å². The van der Waals surface area contributed by atoms with Crippen molar-refractivity contribution in [1.82, 2.24) is 5.32 Å². The van der Waals surface area contributed by atoms with E-state index in [9.17, 15) is 4.79 Å². The van der Waals surface area contributed by atoms with Crippen molar-refractivity contribution in [3.05, 3.63) is 101 Å². The van der Waals surface area contributed by atoms with Gasteiger partial charge in [-0.2, -0.15) is 0 Å². The van der Waals surface area contributed by atoms with Crippen LogP contribution in [0.2, 0.25) is 5.02 Å². The largest absolute Gasteiger partial charge is 0.334 e. The highest BCUT2D eigenvalue weighted by Gasteiger charge is 2.15. The summed E-state index contributed by atoms with van der Waals surface area (Å²) in [6.07, 6.45) is 0. The van der Waals surface area contributed by atoms with E-state index in [4.69, 9.17) is 11.6 Å². The zero-order chi connectivity index (χ0) is 17.5. The van der Waals surface area contributed by atoms with Crippen LogP contribution < -0.4 is 10.2 Å². The summed E-state index contributed by atoms with van der Waals surface area (Å²) in [4.78, 5) is 14.5. The lowest BCUT2D eigenvalue weighted by Gasteiger charge is -2.23. The maximum absolute atomic E-state index is 12.8. The van der Waals surface area contributed by atoms with Crippen molar-refractivity contribution in [3.8, 4) is 0 Å². The van der Waals surface area contributed by atoms with Gasteiger partial charge in [0.2, 0.25) is 0 Å². The zero-order valence-corrected chi connectivity index (χ0v) is 14.5. The third-order valence-corrected chi connectivity index (χ3v) is 4.11. The molecule has 0 heterocycles. The van der Waals surface area contributed by atoms with E-state index in [1.807, 2.05) is 84.9 Å². The molecule has 3 aromatic carbocycles. The highest BCUT2D eigenvalue weighted by Crippen LogP contribution is 2.17. The lowest BCUT2D eigenvalue weighted by Crippen LogP contribution is -2.39. The van der Waals surface area contributed by atoms with Gasteiger partial charge in [-0.3, -0.25) is 4.90 Å². The van der Waals surface area contributed by atoms with Crippen molar-refractivity contribution < 1.29 is 4.79 Å². The van der Waals surface area contributed by atoms with Crippen LogP contribution in [0.25, 0.3) is 0 Å². The number of para-hydroxylation sites is 1. The van der Waals surface area contributed by atoms with Gasteiger partial charge in [0.05, 0.1) is 6.54 Å². The Bertz CT molecular complexity index is 804. The number of nitrogens with zero attached hydrogens (tertiary/aromatic N) is 1. The Hall–Kier alpha value is -2.78. The Labute approximate surface area is 152 Å². The lowest BCUT2D eigenvalue weighted by atomic mass is 10.2. The maximum atomic E-state index is 12.8. The Balaban J connectivity index is 1.74. The molecular formula is C21H19ClN2O. The monoisotopic (exact) mass is 350 g/mol. The van der Waals surface area contributed by atoms with Crippen molar-refractivity contribution in [2.24, 2.45) is 0 Å². The Morgan fingerprint density at radius 3 is 2.04 bits per heavy atom. The molecule has 0 atom stereocenters. The molecular weight excluding hydrogens is 332 g/mol. The summed E-state index contributed by atoms with van der Waals surface area (Å²) >= 11 is 5.90. The normalized spacial score (nSPS) is 10.3. The summed E-state index contributed by atoms with van der Waals surface area (Å²) in [5.41, 5.74) is 2.94. The number of benzene rings is 3. The molecule has 0 aliphatic carbocycles. The van der Waals surface area contributed by atoms with Crippen LogP contribution in [0.5, 0.6) is 0 Å². The van der Waals surface area contributed by atoms with Crippen LogP contribution in [0, 0.1) is 0 Å². The van der Waals surface area contributed by atoms with E-state index in [1.165, 1.54) is 0 Å². The molecule has 3 rings (SSSR count). The van der Waals surface area contributed by atoms with Gasteiger partial charge >= 0.3 is 6.03 Å². The molecule has 0 bridgehead atoms. The summed E-state index contributed by atoms with van der Waals surface area (Å²) in [6, 6.07) is 27.0. The maximum Gasteiger partial charge on any atom is 0.322 e. The van der Waals surface area contributed by atoms with E-state index in [2.05, 4.69) is 5.32 Å². The Kier molecular flexibility index (Phi) is 5.70. The molecule has 2 amide bonds. The van der Waals surface area contributed by atoms with E-state index in [-0.39, 0.29) is 6.03 Å². The van der Waals surface area contributed by atoms with Gasteiger partial charge in [0.15, 0.2) is 0 Å². The summed E-state index contributed by atoms with van der Waals surface area (Å²) in [5.74, 6) is 0. The average Bonchev–Trinajstić information content (AvgIpc) is 2.67. The molecule has 0 unspecified atom stereocenters. The first-order valence-electron chi connectivity index (χ1n) is 8.11. The predicted molar refractivity (Wildman–Crippen MR) is 103 cm³/mol. The number of amides is 2. The summed E-state index contributed by atoms with van der Waals surface area (Å²) in [6.45, 7) is 0.964. The molecule has 0 spiro atoms. The smallest absolute Gasteiger partial charge is 0.322 e. The number of anilines is 1. The number of hydrogen-bond acceptors (Lipinski definition) is 1. The van der Waals surface area contributed by atoms with Crippen LogP contribution in [0.4, 0.5) is 10.5 Å². The molecule has 3 nitrogen and oxygen atoms in total. The average molecular weight is 351 g/mol. The van der Waals surface area contributed by atoms with Crippen LogP contribution in [0.1, 0.15) is 11.1 Å². The molecule has 0 saturated heterocycles. The number of urea groups is 1. The number of nitrogens with one attached hydrogen (secondary N) is 1. The first-order valence-corrected chi connectivity index (χ1v) is 8.49. The third kappa shape index (κ3) is 4.85. The van der Waals surface area contributed by atoms with Crippen LogP contribution >= 0.6 is 11.6 Å². The topological polar surface area (TPSA) is 32.3 Å². The quantitative estimate of drug-likeness (QED) is 0.669. The van der Waals surface area contributed by atoms with Crippen molar-refractivity contribution in [3.63, 3.8) is 0 Å². The second-order valence-corrected chi connectivity index (χ2v) is 6.13. The summed E-state index contributed by atoms with van der Waals surface area (Å²) in [5, 5.41) is 3.67. The molecule has 1 N–H and O–H groups in total. The van der Waals surface area contributed by atoms with Gasteiger partial charge in [-0.1, -0.05) is 72.3 Å². The predicted octanol–water partition coefficient (Wildman–Crippen LogP) is 5.26. The molecule has 0 aliphatic rings. The SMILES string of the molecule is O=C(NCc1ccc(Cl)cc1)N(Cc1ccccc1)c1ccccc1. The van der Waals surface area contributed by atoms with Gasteiger partial charge in [-0.05, 0) is 35.4 Å². The zero-order valence-electron chi connectivity index (χ0n) is 13.7. The van der Waals surface area contributed by atoms with Crippen molar-refractivity contribution >= 4 is 23.3 Å². The van der Waals surface area contributed by atoms with Gasteiger partial charge in [0.25, 0.3) is 0 Å². The van der Waals surface area contributed by atoms with Gasteiger partial charge in [0.1, 0.15) is 0 Å². The number of halogens is 1. The molecule has 0 fully saturated rings. The number of carbonyl (C=O) groups is 1. The fourth-order valence-corrected chi connectivity index (χ4v) is 2.66. The second kappa shape index (κ2) is 8.36. The lowest BCUT2D eigenvalue weighted by molar-refractivity contribution is 0.245. The van der Waals surface area contributed by atoms with Crippen molar-refractivity contribution in [2.75, 3.05) is 4.90 Å². The van der Waals surface area contributed by atoms with E-state index >= 15 is 0 Å². The van der Waals surface area contributed by atoms with E-state index in [1.54, 1.807) is 4.90 Å². The van der Waals surface area contributed by atoms with Crippen molar-refractivity contribution in [1.29, 1.82) is 0 Å². The van der Waals surface area contributed by atoms with Gasteiger partial charge in [0, 0.05) is 17.3 Å². The molecule has 0 saturated carbocycles. The third-order valence-electron chi connectivity index (χ3n) is 3.85. The fraction of sp³-hybridized carbons (Fsp3) is 0.0952. The van der Waals surface area contributed by atoms with Gasteiger partial charge in [-0.25, -0.2) is 4.79 Å².